The second-order valence-electron chi connectivity index (χ2n) is 5.26. The van der Waals surface area contributed by atoms with Crippen molar-refractivity contribution < 1.29 is 8.42 Å². The summed E-state index contributed by atoms with van der Waals surface area (Å²) < 4.78 is 28.3. The average molecular weight is 361 g/mol. The molecule has 1 aliphatic rings. The number of nitrogens with one attached hydrogen (secondary N) is 1. The van der Waals surface area contributed by atoms with E-state index in [1.54, 1.807) is 6.07 Å². The molecular formula is C14H21BrN2O2S. The predicted octanol–water partition coefficient (Wildman–Crippen LogP) is 2.52. The molecule has 0 aliphatic carbocycles. The molecule has 1 aliphatic heterocycles. The summed E-state index contributed by atoms with van der Waals surface area (Å²) in [4.78, 5) is 2.66. The summed E-state index contributed by atoms with van der Waals surface area (Å²) in [7, 11) is -3.45. The van der Waals surface area contributed by atoms with Gasteiger partial charge in [0.1, 0.15) is 0 Å². The summed E-state index contributed by atoms with van der Waals surface area (Å²) in [6, 6.07) is 5.34. The van der Waals surface area contributed by atoms with Gasteiger partial charge in [-0.2, -0.15) is 0 Å². The number of nitrogens with zero attached hydrogens (tertiary/aromatic N) is 1. The van der Waals surface area contributed by atoms with Crippen LogP contribution in [-0.4, -0.2) is 39.0 Å². The molecule has 112 valence electrons. The third kappa shape index (κ3) is 3.81. The Balaban J connectivity index is 2.08. The first-order valence-corrected chi connectivity index (χ1v) is 9.21. The minimum absolute atomic E-state index is 0.0380. The Morgan fingerprint density at radius 3 is 2.55 bits per heavy atom. The first-order valence-electron chi connectivity index (χ1n) is 6.93. The number of piperidine rings is 1. The summed E-state index contributed by atoms with van der Waals surface area (Å²) in [5, 5.41) is 0. The highest BCUT2D eigenvalue weighted by Gasteiger charge is 2.25. The molecule has 2 rings (SSSR count). The van der Waals surface area contributed by atoms with E-state index in [-0.39, 0.29) is 6.04 Å². The van der Waals surface area contributed by atoms with Gasteiger partial charge in [0.15, 0.2) is 0 Å². The fourth-order valence-electron chi connectivity index (χ4n) is 2.47. The lowest BCUT2D eigenvalue weighted by Crippen LogP contribution is -2.44. The highest BCUT2D eigenvalue weighted by Crippen LogP contribution is 2.24. The van der Waals surface area contributed by atoms with Crippen LogP contribution in [0.1, 0.15) is 25.3 Å². The number of aryl methyl sites for hydroxylation is 1. The molecule has 0 amide bonds. The van der Waals surface area contributed by atoms with E-state index in [2.05, 4.69) is 32.5 Å². The Labute approximate surface area is 129 Å². The molecular weight excluding hydrogens is 340 g/mol. The lowest BCUT2D eigenvalue weighted by Gasteiger charge is -2.31. The number of hydrogen-bond donors (Lipinski definition) is 1. The molecule has 0 spiro atoms. The second-order valence-corrected chi connectivity index (χ2v) is 7.80. The SMILES string of the molecule is CCN1CCC(NS(=O)(=O)c2ccc(C)cc2Br)CC1. The van der Waals surface area contributed by atoms with Crippen molar-refractivity contribution in [3.63, 3.8) is 0 Å². The monoisotopic (exact) mass is 360 g/mol. The maximum Gasteiger partial charge on any atom is 0.241 e. The van der Waals surface area contributed by atoms with Crippen molar-refractivity contribution in [1.29, 1.82) is 0 Å². The van der Waals surface area contributed by atoms with Crippen LogP contribution in [-0.2, 0) is 10.0 Å². The topological polar surface area (TPSA) is 49.4 Å². The van der Waals surface area contributed by atoms with Crippen LogP contribution in [0.4, 0.5) is 0 Å². The summed E-state index contributed by atoms with van der Waals surface area (Å²) in [6.07, 6.45) is 1.74. The molecule has 1 saturated heterocycles. The van der Waals surface area contributed by atoms with Crippen LogP contribution in [0, 0.1) is 6.92 Å². The molecule has 0 aromatic heterocycles. The van der Waals surface area contributed by atoms with Crippen molar-refractivity contribution in [3.05, 3.63) is 28.2 Å². The van der Waals surface area contributed by atoms with E-state index in [1.165, 1.54) is 0 Å². The molecule has 0 atom stereocenters. The van der Waals surface area contributed by atoms with Gasteiger partial charge in [-0.05, 0) is 73.0 Å². The quantitative estimate of drug-likeness (QED) is 0.897. The molecule has 1 aromatic rings. The van der Waals surface area contributed by atoms with Crippen LogP contribution >= 0.6 is 15.9 Å². The van der Waals surface area contributed by atoms with Gasteiger partial charge in [0, 0.05) is 10.5 Å². The molecule has 1 N–H and O–H groups in total. The van der Waals surface area contributed by atoms with E-state index in [4.69, 9.17) is 0 Å². The normalized spacial score (nSPS) is 18.4. The van der Waals surface area contributed by atoms with Gasteiger partial charge in [0.05, 0.1) is 4.90 Å². The van der Waals surface area contributed by atoms with Crippen LogP contribution < -0.4 is 4.72 Å². The van der Waals surface area contributed by atoms with Gasteiger partial charge in [0.25, 0.3) is 0 Å². The van der Waals surface area contributed by atoms with Crippen molar-refractivity contribution in [2.24, 2.45) is 0 Å². The van der Waals surface area contributed by atoms with E-state index >= 15 is 0 Å². The molecule has 0 unspecified atom stereocenters. The van der Waals surface area contributed by atoms with Crippen molar-refractivity contribution in [1.82, 2.24) is 9.62 Å². The molecule has 0 radical (unpaired) electrons. The number of rotatable bonds is 4. The van der Waals surface area contributed by atoms with Crippen LogP contribution in [0.2, 0.25) is 0 Å². The van der Waals surface area contributed by atoms with Crippen LogP contribution in [0.25, 0.3) is 0 Å². The predicted molar refractivity (Wildman–Crippen MR) is 84.3 cm³/mol. The van der Waals surface area contributed by atoms with Gasteiger partial charge in [-0.1, -0.05) is 13.0 Å². The number of hydrogen-bond acceptors (Lipinski definition) is 3. The van der Waals surface area contributed by atoms with E-state index in [0.29, 0.717) is 9.37 Å². The van der Waals surface area contributed by atoms with E-state index in [0.717, 1.165) is 38.0 Å². The third-order valence-corrected chi connectivity index (χ3v) is 6.23. The zero-order valence-corrected chi connectivity index (χ0v) is 14.3. The Morgan fingerprint density at radius 2 is 2.00 bits per heavy atom. The third-order valence-electron chi connectivity index (χ3n) is 3.73. The van der Waals surface area contributed by atoms with Crippen LogP contribution in [0.15, 0.2) is 27.6 Å². The molecule has 1 heterocycles. The maximum absolute atomic E-state index is 12.4. The molecule has 20 heavy (non-hydrogen) atoms. The Bertz CT molecular complexity index is 567. The Kier molecular flexibility index (Phi) is 5.23. The van der Waals surface area contributed by atoms with Crippen LogP contribution in [0.5, 0.6) is 0 Å². The zero-order chi connectivity index (χ0) is 14.8. The van der Waals surface area contributed by atoms with Gasteiger partial charge < -0.3 is 4.90 Å². The average Bonchev–Trinajstić information content (AvgIpc) is 2.38. The number of likely N-dealkylation sites (tertiary alicyclic amines) is 1. The molecule has 6 heteroatoms. The number of sulfonamides is 1. The maximum atomic E-state index is 12.4. The van der Waals surface area contributed by atoms with Crippen molar-refractivity contribution >= 4 is 26.0 Å². The van der Waals surface area contributed by atoms with E-state index < -0.39 is 10.0 Å². The molecule has 4 nitrogen and oxygen atoms in total. The summed E-state index contributed by atoms with van der Waals surface area (Å²) >= 11 is 3.34. The highest BCUT2D eigenvalue weighted by molar-refractivity contribution is 9.10. The first-order chi connectivity index (χ1) is 9.42. The van der Waals surface area contributed by atoms with Crippen LogP contribution in [0.3, 0.4) is 0 Å². The minimum Gasteiger partial charge on any atom is -0.303 e. The van der Waals surface area contributed by atoms with Gasteiger partial charge >= 0.3 is 0 Å². The number of halogens is 1. The fraction of sp³-hybridized carbons (Fsp3) is 0.571. The minimum atomic E-state index is -3.45. The largest absolute Gasteiger partial charge is 0.303 e. The lowest BCUT2D eigenvalue weighted by atomic mass is 10.1. The molecule has 1 aromatic carbocycles. The Morgan fingerprint density at radius 1 is 1.35 bits per heavy atom. The zero-order valence-electron chi connectivity index (χ0n) is 11.9. The van der Waals surface area contributed by atoms with Crippen molar-refractivity contribution in [3.8, 4) is 0 Å². The van der Waals surface area contributed by atoms with Gasteiger partial charge in [0.2, 0.25) is 10.0 Å². The van der Waals surface area contributed by atoms with E-state index in [9.17, 15) is 8.42 Å². The van der Waals surface area contributed by atoms with Gasteiger partial charge in [-0.25, -0.2) is 13.1 Å². The van der Waals surface area contributed by atoms with Gasteiger partial charge in [-0.15, -0.1) is 0 Å². The van der Waals surface area contributed by atoms with E-state index in [1.807, 2.05) is 19.1 Å². The van der Waals surface area contributed by atoms with Crippen molar-refractivity contribution in [2.45, 2.75) is 37.6 Å². The smallest absolute Gasteiger partial charge is 0.241 e. The first kappa shape index (κ1) is 15.9. The molecule has 0 saturated carbocycles. The standard InChI is InChI=1S/C14H21BrN2O2S/c1-3-17-8-6-12(7-9-17)16-20(18,19)14-5-4-11(2)10-13(14)15/h4-5,10,12,16H,3,6-9H2,1-2H3. The highest BCUT2D eigenvalue weighted by atomic mass is 79.9. The summed E-state index contributed by atoms with van der Waals surface area (Å²) in [6.45, 7) is 7.02. The lowest BCUT2D eigenvalue weighted by molar-refractivity contribution is 0.217. The molecule has 0 bridgehead atoms. The van der Waals surface area contributed by atoms with Gasteiger partial charge in [-0.3, -0.25) is 0 Å². The fourth-order valence-corrected chi connectivity index (χ4v) is 4.97. The second kappa shape index (κ2) is 6.56. The number of benzene rings is 1. The molecule has 1 fully saturated rings. The van der Waals surface area contributed by atoms with Crippen molar-refractivity contribution in [2.75, 3.05) is 19.6 Å². The summed E-state index contributed by atoms with van der Waals surface area (Å²) in [5.41, 5.74) is 1.03. The summed E-state index contributed by atoms with van der Waals surface area (Å²) in [5.74, 6) is 0. The Hall–Kier alpha value is -0.430.